The Morgan fingerprint density at radius 1 is 1.08 bits per heavy atom. The Morgan fingerprint density at radius 3 is 2.65 bits per heavy atom. The number of halogens is 1. The minimum absolute atomic E-state index is 0.136. The lowest BCUT2D eigenvalue weighted by molar-refractivity contribution is -0.116. The van der Waals surface area contributed by atoms with Crippen LogP contribution in [0.3, 0.4) is 0 Å². The number of nitrogens with one attached hydrogen (secondary N) is 2. The molecule has 0 unspecified atom stereocenters. The Morgan fingerprint density at radius 2 is 1.85 bits per heavy atom. The molecule has 0 spiro atoms. The smallest absolute Gasteiger partial charge is 0.251 e. The van der Waals surface area contributed by atoms with Crippen molar-refractivity contribution >= 4 is 29.5 Å². The Hall–Kier alpha value is -2.99. The maximum atomic E-state index is 11.9. The van der Waals surface area contributed by atoms with Gasteiger partial charge in [0.25, 0.3) is 5.91 Å². The fourth-order valence-electron chi connectivity index (χ4n) is 2.37. The highest BCUT2D eigenvalue weighted by molar-refractivity contribution is 6.32. The number of ether oxygens (including phenoxy) is 2. The summed E-state index contributed by atoms with van der Waals surface area (Å²) in [6, 6.07) is 12.3. The largest absolute Gasteiger partial charge is 0.454 e. The summed E-state index contributed by atoms with van der Waals surface area (Å²) in [6.45, 7) is 0.796. The summed E-state index contributed by atoms with van der Waals surface area (Å²) in [5.74, 6) is 0.627. The van der Waals surface area contributed by atoms with E-state index >= 15 is 0 Å². The molecule has 0 atom stereocenters. The van der Waals surface area contributed by atoms with Gasteiger partial charge in [-0.25, -0.2) is 0 Å². The van der Waals surface area contributed by atoms with Crippen LogP contribution in [0.25, 0.3) is 6.08 Å². The third-order valence-corrected chi connectivity index (χ3v) is 3.90. The normalized spacial score (nSPS) is 12.2. The van der Waals surface area contributed by atoms with E-state index < -0.39 is 0 Å². The van der Waals surface area contributed by atoms with E-state index in [1.165, 1.54) is 6.08 Å². The van der Waals surface area contributed by atoms with E-state index in [-0.39, 0.29) is 18.6 Å². The molecule has 134 valence electrons. The van der Waals surface area contributed by atoms with E-state index in [0.717, 1.165) is 5.56 Å². The summed E-state index contributed by atoms with van der Waals surface area (Å²) in [7, 11) is 0. The van der Waals surface area contributed by atoms with E-state index in [1.807, 2.05) is 6.07 Å². The molecule has 2 aromatic rings. The highest BCUT2D eigenvalue weighted by atomic mass is 35.5. The molecule has 26 heavy (non-hydrogen) atoms. The lowest BCUT2D eigenvalue weighted by Gasteiger charge is -2.05. The Labute approximate surface area is 155 Å². The molecule has 0 aliphatic carbocycles. The molecule has 2 amide bonds. The first kappa shape index (κ1) is 17.8. The molecule has 0 bridgehead atoms. The third-order valence-electron chi connectivity index (χ3n) is 3.62. The van der Waals surface area contributed by atoms with Gasteiger partial charge in [-0.15, -0.1) is 0 Å². The molecule has 1 aliphatic heterocycles. The summed E-state index contributed by atoms with van der Waals surface area (Å²) in [6.07, 6.45) is 3.03. The first-order valence-electron chi connectivity index (χ1n) is 8.02. The van der Waals surface area contributed by atoms with Gasteiger partial charge in [0, 0.05) is 24.7 Å². The van der Waals surface area contributed by atoms with Crippen molar-refractivity contribution in [2.24, 2.45) is 0 Å². The second kappa shape index (κ2) is 8.40. The summed E-state index contributed by atoms with van der Waals surface area (Å²) >= 11 is 6.09. The molecule has 0 saturated carbocycles. The molecule has 6 nitrogen and oxygen atoms in total. The van der Waals surface area contributed by atoms with E-state index in [2.05, 4.69) is 10.6 Å². The Kier molecular flexibility index (Phi) is 5.76. The van der Waals surface area contributed by atoms with E-state index in [9.17, 15) is 9.59 Å². The fourth-order valence-corrected chi connectivity index (χ4v) is 2.64. The predicted octanol–water partition coefficient (Wildman–Crippen LogP) is 2.63. The number of hydrogen-bond acceptors (Lipinski definition) is 4. The fraction of sp³-hybridized carbons (Fsp3) is 0.158. The molecule has 0 saturated heterocycles. The highest BCUT2D eigenvalue weighted by Gasteiger charge is 2.17. The zero-order chi connectivity index (χ0) is 18.4. The molecular formula is C19H17ClN2O4. The van der Waals surface area contributed by atoms with Crippen LogP contribution in [0.4, 0.5) is 0 Å². The van der Waals surface area contributed by atoms with Gasteiger partial charge in [-0.1, -0.05) is 29.8 Å². The van der Waals surface area contributed by atoms with Gasteiger partial charge >= 0.3 is 0 Å². The predicted molar refractivity (Wildman–Crippen MR) is 98.4 cm³/mol. The van der Waals surface area contributed by atoms with Crippen LogP contribution in [0.1, 0.15) is 15.9 Å². The van der Waals surface area contributed by atoms with Gasteiger partial charge in [0.2, 0.25) is 12.7 Å². The average molecular weight is 373 g/mol. The Balaban J connectivity index is 1.44. The minimum atomic E-state index is -0.271. The molecule has 0 aromatic heterocycles. The van der Waals surface area contributed by atoms with Crippen LogP contribution in [0.5, 0.6) is 11.5 Å². The number of hydrogen-bond donors (Lipinski definition) is 2. The van der Waals surface area contributed by atoms with Crippen molar-refractivity contribution in [2.75, 3.05) is 19.9 Å². The van der Waals surface area contributed by atoms with E-state index in [4.69, 9.17) is 21.1 Å². The molecule has 7 heteroatoms. The standard InChI is InChI=1S/C19H17ClN2O4/c20-15-10-13(11-16-18(15)26-12-25-16)6-7-17(23)21-8-9-22-19(24)14-4-2-1-3-5-14/h1-7,10-11H,8-9,12H2,(H,21,23)(H,22,24)/b7-6+. The molecule has 2 N–H and O–H groups in total. The van der Waals surface area contributed by atoms with Crippen LogP contribution in [0, 0.1) is 0 Å². The lowest BCUT2D eigenvalue weighted by Crippen LogP contribution is -2.33. The van der Waals surface area contributed by atoms with Gasteiger partial charge < -0.3 is 20.1 Å². The quantitative estimate of drug-likeness (QED) is 0.603. The molecule has 3 rings (SSSR count). The van der Waals surface area contributed by atoms with Crippen molar-refractivity contribution in [3.05, 3.63) is 64.7 Å². The van der Waals surface area contributed by atoms with Gasteiger partial charge in [-0.3, -0.25) is 9.59 Å². The van der Waals surface area contributed by atoms with Crippen LogP contribution in [-0.2, 0) is 4.79 Å². The second-order valence-electron chi connectivity index (χ2n) is 5.48. The van der Waals surface area contributed by atoms with Gasteiger partial charge in [-0.2, -0.15) is 0 Å². The number of carbonyl (C=O) groups excluding carboxylic acids is 2. The van der Waals surface area contributed by atoms with Crippen molar-refractivity contribution in [1.29, 1.82) is 0 Å². The number of amides is 2. The summed E-state index contributed by atoms with van der Waals surface area (Å²) in [5.41, 5.74) is 1.31. The lowest BCUT2D eigenvalue weighted by atomic mass is 10.2. The Bertz CT molecular complexity index is 837. The summed E-state index contributed by atoms with van der Waals surface area (Å²) in [4.78, 5) is 23.7. The monoisotopic (exact) mass is 372 g/mol. The molecule has 2 aromatic carbocycles. The van der Waals surface area contributed by atoms with Crippen LogP contribution in [0.15, 0.2) is 48.5 Å². The molecule has 1 heterocycles. The zero-order valence-corrected chi connectivity index (χ0v) is 14.6. The number of fused-ring (bicyclic) bond motifs is 1. The highest BCUT2D eigenvalue weighted by Crippen LogP contribution is 2.39. The first-order valence-corrected chi connectivity index (χ1v) is 8.39. The van der Waals surface area contributed by atoms with Crippen LogP contribution in [0.2, 0.25) is 5.02 Å². The molecular weight excluding hydrogens is 356 g/mol. The number of rotatable bonds is 6. The van der Waals surface area contributed by atoms with E-state index in [0.29, 0.717) is 35.2 Å². The SMILES string of the molecule is O=C(/C=C/c1cc(Cl)c2c(c1)OCO2)NCCNC(=O)c1ccccc1. The maximum absolute atomic E-state index is 11.9. The molecule has 0 radical (unpaired) electrons. The topological polar surface area (TPSA) is 76.7 Å². The van der Waals surface area contributed by atoms with Crippen molar-refractivity contribution in [3.63, 3.8) is 0 Å². The van der Waals surface area contributed by atoms with E-state index in [1.54, 1.807) is 42.5 Å². The third kappa shape index (κ3) is 4.55. The maximum Gasteiger partial charge on any atom is 0.251 e. The average Bonchev–Trinajstić information content (AvgIpc) is 3.13. The van der Waals surface area contributed by atoms with Crippen molar-refractivity contribution < 1.29 is 19.1 Å². The summed E-state index contributed by atoms with van der Waals surface area (Å²) < 4.78 is 10.5. The molecule has 1 aliphatic rings. The van der Waals surface area contributed by atoms with Gasteiger partial charge in [0.1, 0.15) is 0 Å². The number of carbonyl (C=O) groups is 2. The minimum Gasteiger partial charge on any atom is -0.454 e. The van der Waals surface area contributed by atoms with Crippen LogP contribution < -0.4 is 20.1 Å². The van der Waals surface area contributed by atoms with Crippen molar-refractivity contribution in [1.82, 2.24) is 10.6 Å². The van der Waals surface area contributed by atoms with Gasteiger partial charge in [0.15, 0.2) is 11.5 Å². The number of benzene rings is 2. The molecule has 0 fully saturated rings. The first-order chi connectivity index (χ1) is 12.6. The van der Waals surface area contributed by atoms with Gasteiger partial charge in [-0.05, 0) is 35.9 Å². The van der Waals surface area contributed by atoms with Crippen LogP contribution >= 0.6 is 11.6 Å². The van der Waals surface area contributed by atoms with Crippen molar-refractivity contribution in [2.45, 2.75) is 0 Å². The second-order valence-corrected chi connectivity index (χ2v) is 5.89. The zero-order valence-electron chi connectivity index (χ0n) is 13.8. The summed E-state index contributed by atoms with van der Waals surface area (Å²) in [5, 5.41) is 5.87. The van der Waals surface area contributed by atoms with Crippen molar-refractivity contribution in [3.8, 4) is 11.5 Å². The van der Waals surface area contributed by atoms with Gasteiger partial charge in [0.05, 0.1) is 5.02 Å². The van der Waals surface area contributed by atoms with Crippen LogP contribution in [-0.4, -0.2) is 31.7 Å².